The molecule has 0 saturated heterocycles. The molecule has 0 N–H and O–H groups in total. The molecule has 4 heteroatoms. The molecule has 0 aliphatic rings. The maximum atomic E-state index is 12.4. The Bertz CT molecular complexity index is 705. The monoisotopic (exact) mass is 235 g/mol. The highest BCUT2D eigenvalue weighted by Crippen LogP contribution is 2.19. The summed E-state index contributed by atoms with van der Waals surface area (Å²) in [5.41, 5.74) is 1.13. The molecule has 0 aliphatic heterocycles. The lowest BCUT2D eigenvalue weighted by atomic mass is 10.00. The lowest BCUT2D eigenvalue weighted by molar-refractivity contribution is 0.103. The highest BCUT2D eigenvalue weighted by Gasteiger charge is 2.12. The van der Waals surface area contributed by atoms with Crippen LogP contribution in [-0.2, 0) is 0 Å². The predicted molar refractivity (Wildman–Crippen MR) is 67.2 cm³/mol. The smallest absolute Gasteiger partial charge is 0.196 e. The van der Waals surface area contributed by atoms with Gasteiger partial charge in [0.25, 0.3) is 0 Å². The maximum Gasteiger partial charge on any atom is 0.196 e. The van der Waals surface area contributed by atoms with E-state index >= 15 is 0 Å². The number of aromatic nitrogens is 3. The second-order valence-electron chi connectivity index (χ2n) is 3.86. The topological polar surface area (TPSA) is 55.7 Å². The van der Waals surface area contributed by atoms with Crippen LogP contribution in [0.15, 0.2) is 55.4 Å². The van der Waals surface area contributed by atoms with Gasteiger partial charge in [0.15, 0.2) is 5.78 Å². The normalized spacial score (nSPS) is 10.4. The Morgan fingerprint density at radius 1 is 0.944 bits per heavy atom. The number of nitrogens with zero attached hydrogens (tertiary/aromatic N) is 3. The number of fused-ring (bicyclic) bond motifs is 1. The van der Waals surface area contributed by atoms with Gasteiger partial charge in [-0.05, 0) is 11.5 Å². The molecule has 0 atom stereocenters. The lowest BCUT2D eigenvalue weighted by Crippen LogP contribution is -2.03. The van der Waals surface area contributed by atoms with Crippen molar-refractivity contribution in [3.8, 4) is 0 Å². The van der Waals surface area contributed by atoms with Crippen LogP contribution in [0.4, 0.5) is 0 Å². The van der Waals surface area contributed by atoms with E-state index in [1.54, 1.807) is 18.5 Å². The molecule has 18 heavy (non-hydrogen) atoms. The van der Waals surface area contributed by atoms with Crippen LogP contribution in [0.1, 0.15) is 15.9 Å². The number of ketones is 1. The van der Waals surface area contributed by atoms with Crippen molar-refractivity contribution in [3.05, 3.63) is 66.5 Å². The van der Waals surface area contributed by atoms with Gasteiger partial charge >= 0.3 is 0 Å². The molecule has 0 radical (unpaired) electrons. The first kappa shape index (κ1) is 10.5. The number of carbonyl (C=O) groups is 1. The minimum Gasteiger partial charge on any atom is -0.288 e. The van der Waals surface area contributed by atoms with Gasteiger partial charge in [0, 0.05) is 35.7 Å². The van der Waals surface area contributed by atoms with Crippen LogP contribution in [0.2, 0.25) is 0 Å². The van der Waals surface area contributed by atoms with E-state index in [0.29, 0.717) is 11.1 Å². The fraction of sp³-hybridized carbons (Fsp3) is 0. The number of benzene rings is 1. The number of rotatable bonds is 2. The number of pyridine rings is 1. The van der Waals surface area contributed by atoms with Crippen LogP contribution in [0.25, 0.3) is 10.8 Å². The molecule has 4 nitrogen and oxygen atoms in total. The van der Waals surface area contributed by atoms with Crippen molar-refractivity contribution >= 4 is 16.6 Å². The number of carbonyl (C=O) groups excluding carboxylic acids is 1. The Balaban J connectivity index is 2.18. The molecule has 86 valence electrons. The van der Waals surface area contributed by atoms with Gasteiger partial charge in [-0.25, -0.2) is 9.97 Å². The average molecular weight is 235 g/mol. The summed E-state index contributed by atoms with van der Waals surface area (Å²) in [6, 6.07) is 7.42. The predicted octanol–water partition coefficient (Wildman–Crippen LogP) is 2.26. The van der Waals surface area contributed by atoms with E-state index in [9.17, 15) is 4.79 Å². The molecule has 0 saturated carbocycles. The van der Waals surface area contributed by atoms with Crippen LogP contribution in [0.5, 0.6) is 0 Å². The van der Waals surface area contributed by atoms with Gasteiger partial charge in [-0.15, -0.1) is 0 Å². The zero-order valence-electron chi connectivity index (χ0n) is 9.45. The highest BCUT2D eigenvalue weighted by molar-refractivity contribution is 6.16. The molecular weight excluding hydrogens is 226 g/mol. The standard InChI is InChI=1S/C14H9N3O/c18-14(11-7-16-9-17-8-11)13-3-1-2-10-6-15-5-4-12(10)13/h1-9H. The first-order chi connectivity index (χ1) is 8.86. The minimum atomic E-state index is -0.0765. The molecule has 1 aromatic carbocycles. The van der Waals surface area contributed by atoms with E-state index < -0.39 is 0 Å². The zero-order chi connectivity index (χ0) is 12.4. The summed E-state index contributed by atoms with van der Waals surface area (Å²) in [7, 11) is 0. The Kier molecular flexibility index (Phi) is 2.53. The SMILES string of the molecule is O=C(c1cncnc1)c1cccc2cnccc12. The van der Waals surface area contributed by atoms with Crippen molar-refractivity contribution in [1.82, 2.24) is 15.0 Å². The number of hydrogen-bond donors (Lipinski definition) is 0. The van der Waals surface area contributed by atoms with Crippen LogP contribution in [-0.4, -0.2) is 20.7 Å². The van der Waals surface area contributed by atoms with E-state index in [2.05, 4.69) is 15.0 Å². The summed E-state index contributed by atoms with van der Waals surface area (Å²) in [6.07, 6.45) is 7.88. The van der Waals surface area contributed by atoms with Crippen LogP contribution >= 0.6 is 0 Å². The largest absolute Gasteiger partial charge is 0.288 e. The Hall–Kier alpha value is -2.62. The third-order valence-electron chi connectivity index (χ3n) is 2.75. The molecule has 0 fully saturated rings. The van der Waals surface area contributed by atoms with E-state index in [-0.39, 0.29) is 5.78 Å². The molecule has 2 aromatic heterocycles. The number of hydrogen-bond acceptors (Lipinski definition) is 4. The summed E-state index contributed by atoms with van der Waals surface area (Å²) >= 11 is 0. The van der Waals surface area contributed by atoms with Crippen molar-refractivity contribution in [1.29, 1.82) is 0 Å². The van der Waals surface area contributed by atoms with Gasteiger partial charge in [0.05, 0.1) is 5.56 Å². The Morgan fingerprint density at radius 3 is 2.61 bits per heavy atom. The van der Waals surface area contributed by atoms with E-state index in [4.69, 9.17) is 0 Å². The minimum absolute atomic E-state index is 0.0765. The van der Waals surface area contributed by atoms with Gasteiger partial charge in [-0.1, -0.05) is 18.2 Å². The van der Waals surface area contributed by atoms with Gasteiger partial charge in [-0.2, -0.15) is 0 Å². The van der Waals surface area contributed by atoms with Gasteiger partial charge in [-0.3, -0.25) is 9.78 Å². The second kappa shape index (κ2) is 4.33. The molecule has 3 rings (SSSR count). The molecule has 0 amide bonds. The summed E-state index contributed by atoms with van der Waals surface area (Å²) in [4.78, 5) is 24.1. The van der Waals surface area contributed by atoms with E-state index in [1.807, 2.05) is 18.2 Å². The molecule has 0 aliphatic carbocycles. The highest BCUT2D eigenvalue weighted by atomic mass is 16.1. The Labute approximate surface area is 103 Å². The summed E-state index contributed by atoms with van der Waals surface area (Å²) in [5, 5.41) is 1.83. The van der Waals surface area contributed by atoms with Crippen LogP contribution in [0.3, 0.4) is 0 Å². The molecule has 3 aromatic rings. The summed E-state index contributed by atoms with van der Waals surface area (Å²) in [5.74, 6) is -0.0765. The van der Waals surface area contributed by atoms with Crippen molar-refractivity contribution in [2.45, 2.75) is 0 Å². The van der Waals surface area contributed by atoms with Gasteiger partial charge in [0.2, 0.25) is 0 Å². The molecule has 0 spiro atoms. The quantitative estimate of drug-likeness (QED) is 0.639. The summed E-state index contributed by atoms with van der Waals surface area (Å²) in [6.45, 7) is 0. The van der Waals surface area contributed by atoms with Crippen LogP contribution in [0, 0.1) is 0 Å². The first-order valence-corrected chi connectivity index (χ1v) is 5.49. The average Bonchev–Trinajstić information content (AvgIpc) is 2.47. The zero-order valence-corrected chi connectivity index (χ0v) is 9.45. The van der Waals surface area contributed by atoms with E-state index in [1.165, 1.54) is 18.7 Å². The van der Waals surface area contributed by atoms with Gasteiger partial charge < -0.3 is 0 Å². The molecule has 0 unspecified atom stereocenters. The first-order valence-electron chi connectivity index (χ1n) is 5.49. The third-order valence-corrected chi connectivity index (χ3v) is 2.75. The van der Waals surface area contributed by atoms with Crippen molar-refractivity contribution in [3.63, 3.8) is 0 Å². The van der Waals surface area contributed by atoms with Crippen molar-refractivity contribution < 1.29 is 4.79 Å². The maximum absolute atomic E-state index is 12.4. The molecule has 0 bridgehead atoms. The summed E-state index contributed by atoms with van der Waals surface area (Å²) < 4.78 is 0. The Morgan fingerprint density at radius 2 is 1.78 bits per heavy atom. The van der Waals surface area contributed by atoms with Crippen molar-refractivity contribution in [2.75, 3.05) is 0 Å². The van der Waals surface area contributed by atoms with Crippen LogP contribution < -0.4 is 0 Å². The lowest BCUT2D eigenvalue weighted by Gasteiger charge is -2.04. The fourth-order valence-corrected chi connectivity index (χ4v) is 1.89. The molecule has 2 heterocycles. The second-order valence-corrected chi connectivity index (χ2v) is 3.86. The molecular formula is C14H9N3O. The van der Waals surface area contributed by atoms with Crippen molar-refractivity contribution in [2.24, 2.45) is 0 Å². The third kappa shape index (κ3) is 1.73. The van der Waals surface area contributed by atoms with Gasteiger partial charge in [0.1, 0.15) is 6.33 Å². The fourth-order valence-electron chi connectivity index (χ4n) is 1.89. The van der Waals surface area contributed by atoms with E-state index in [0.717, 1.165) is 10.8 Å².